The monoisotopic (exact) mass is 221 g/mol. The minimum atomic E-state index is 0.0497. The molecular formula is C11H15N3O2. The summed E-state index contributed by atoms with van der Waals surface area (Å²) in [5.74, 6) is 1.59. The number of hydrogen-bond acceptors (Lipinski definition) is 4. The Morgan fingerprint density at radius 2 is 2.31 bits per heavy atom. The van der Waals surface area contributed by atoms with E-state index >= 15 is 0 Å². The molecule has 0 aliphatic heterocycles. The van der Waals surface area contributed by atoms with Crippen LogP contribution in [0.3, 0.4) is 0 Å². The van der Waals surface area contributed by atoms with Crippen LogP contribution in [-0.4, -0.2) is 19.8 Å². The zero-order valence-electron chi connectivity index (χ0n) is 9.42. The molecule has 86 valence electrons. The van der Waals surface area contributed by atoms with Crippen LogP contribution in [0.15, 0.2) is 23.0 Å². The zero-order valence-corrected chi connectivity index (χ0v) is 9.42. The Hall–Kier alpha value is -1.62. The second-order valence-electron chi connectivity index (χ2n) is 4.05. The molecule has 0 saturated heterocycles. The Morgan fingerprint density at radius 1 is 1.50 bits per heavy atom. The SMILES string of the molecule is CC(C)c1noc(Cn2ccc(CO)c2)n1. The number of rotatable bonds is 4. The van der Waals surface area contributed by atoms with Crippen LogP contribution >= 0.6 is 0 Å². The molecule has 0 radical (unpaired) electrons. The fourth-order valence-electron chi connectivity index (χ4n) is 1.41. The summed E-state index contributed by atoms with van der Waals surface area (Å²) in [5, 5.41) is 12.8. The molecule has 2 heterocycles. The van der Waals surface area contributed by atoms with Gasteiger partial charge in [0.25, 0.3) is 0 Å². The lowest BCUT2D eigenvalue weighted by Crippen LogP contribution is -1.97. The Balaban J connectivity index is 2.08. The normalized spacial score (nSPS) is 11.2. The molecule has 5 heteroatoms. The van der Waals surface area contributed by atoms with Crippen LogP contribution in [-0.2, 0) is 13.2 Å². The maximum absolute atomic E-state index is 8.93. The zero-order chi connectivity index (χ0) is 11.5. The minimum absolute atomic E-state index is 0.0497. The van der Waals surface area contributed by atoms with Crippen molar-refractivity contribution in [3.05, 3.63) is 35.7 Å². The lowest BCUT2D eigenvalue weighted by Gasteiger charge is -1.96. The highest BCUT2D eigenvalue weighted by molar-refractivity contribution is 5.09. The Morgan fingerprint density at radius 3 is 2.88 bits per heavy atom. The number of hydrogen-bond donors (Lipinski definition) is 1. The molecule has 0 aliphatic rings. The lowest BCUT2D eigenvalue weighted by molar-refractivity contribution is 0.281. The second kappa shape index (κ2) is 4.49. The second-order valence-corrected chi connectivity index (χ2v) is 4.05. The van der Waals surface area contributed by atoms with Gasteiger partial charge in [0.15, 0.2) is 5.82 Å². The van der Waals surface area contributed by atoms with Crippen LogP contribution in [0.5, 0.6) is 0 Å². The summed E-state index contributed by atoms with van der Waals surface area (Å²) >= 11 is 0. The van der Waals surface area contributed by atoms with Gasteiger partial charge in [-0.25, -0.2) is 0 Å². The van der Waals surface area contributed by atoms with E-state index in [4.69, 9.17) is 9.63 Å². The fraction of sp³-hybridized carbons (Fsp3) is 0.455. The smallest absolute Gasteiger partial charge is 0.246 e. The third-order valence-corrected chi connectivity index (χ3v) is 2.31. The van der Waals surface area contributed by atoms with Crippen molar-refractivity contribution < 1.29 is 9.63 Å². The van der Waals surface area contributed by atoms with Crippen molar-refractivity contribution in [2.24, 2.45) is 0 Å². The van der Waals surface area contributed by atoms with Gasteiger partial charge in [0.1, 0.15) is 6.54 Å². The molecule has 2 aromatic heterocycles. The standard InChI is InChI=1S/C11H15N3O2/c1-8(2)11-12-10(16-13-11)6-14-4-3-9(5-14)7-15/h3-5,8,15H,6-7H2,1-2H3. The van der Waals surface area contributed by atoms with Crippen molar-refractivity contribution in [1.29, 1.82) is 0 Å². The van der Waals surface area contributed by atoms with E-state index in [1.54, 1.807) is 0 Å². The Kier molecular flexibility index (Phi) is 3.05. The van der Waals surface area contributed by atoms with Crippen molar-refractivity contribution in [1.82, 2.24) is 14.7 Å². The van der Waals surface area contributed by atoms with Gasteiger partial charge in [0.05, 0.1) is 6.61 Å². The van der Waals surface area contributed by atoms with E-state index in [1.807, 2.05) is 36.9 Å². The van der Waals surface area contributed by atoms with E-state index in [0.29, 0.717) is 12.4 Å². The van der Waals surface area contributed by atoms with Crippen LogP contribution < -0.4 is 0 Å². The summed E-state index contributed by atoms with van der Waals surface area (Å²) in [6, 6.07) is 1.86. The maximum atomic E-state index is 8.93. The quantitative estimate of drug-likeness (QED) is 0.850. The molecule has 0 aromatic carbocycles. The summed E-state index contributed by atoms with van der Waals surface area (Å²) < 4.78 is 7.03. The largest absolute Gasteiger partial charge is 0.392 e. The van der Waals surface area contributed by atoms with Crippen LogP contribution in [0, 0.1) is 0 Å². The average molecular weight is 221 g/mol. The fourth-order valence-corrected chi connectivity index (χ4v) is 1.41. The summed E-state index contributed by atoms with van der Waals surface area (Å²) in [6.07, 6.45) is 3.74. The van der Waals surface area contributed by atoms with Gasteiger partial charge in [0, 0.05) is 18.3 Å². The predicted octanol–water partition coefficient (Wildman–Crippen LogP) is 1.54. The maximum Gasteiger partial charge on any atom is 0.246 e. The summed E-state index contributed by atoms with van der Waals surface area (Å²) in [7, 11) is 0. The molecule has 0 amide bonds. The average Bonchev–Trinajstić information content (AvgIpc) is 2.87. The summed E-state index contributed by atoms with van der Waals surface area (Å²) in [4.78, 5) is 4.28. The van der Waals surface area contributed by atoms with Crippen LogP contribution in [0.2, 0.25) is 0 Å². The molecule has 0 aliphatic carbocycles. The topological polar surface area (TPSA) is 64.1 Å². The predicted molar refractivity (Wildman–Crippen MR) is 57.8 cm³/mol. The van der Waals surface area contributed by atoms with Gasteiger partial charge in [-0.3, -0.25) is 0 Å². The Labute approximate surface area is 93.7 Å². The minimum Gasteiger partial charge on any atom is -0.392 e. The van der Waals surface area contributed by atoms with Crippen LogP contribution in [0.25, 0.3) is 0 Å². The Bertz CT molecular complexity index is 459. The van der Waals surface area contributed by atoms with Gasteiger partial charge in [-0.15, -0.1) is 0 Å². The van der Waals surface area contributed by atoms with E-state index in [-0.39, 0.29) is 12.5 Å². The number of aliphatic hydroxyl groups is 1. The van der Waals surface area contributed by atoms with Gasteiger partial charge in [-0.2, -0.15) is 4.98 Å². The molecule has 0 atom stereocenters. The number of aliphatic hydroxyl groups excluding tert-OH is 1. The molecule has 0 saturated carbocycles. The molecule has 5 nitrogen and oxygen atoms in total. The van der Waals surface area contributed by atoms with Crippen molar-refractivity contribution in [2.45, 2.75) is 32.9 Å². The highest BCUT2D eigenvalue weighted by Crippen LogP contribution is 2.11. The third-order valence-electron chi connectivity index (χ3n) is 2.31. The number of aromatic nitrogens is 3. The molecular weight excluding hydrogens is 206 g/mol. The number of nitrogens with zero attached hydrogens (tertiary/aromatic N) is 3. The molecule has 1 N–H and O–H groups in total. The highest BCUT2D eigenvalue weighted by atomic mass is 16.5. The molecule has 2 aromatic rings. The van der Waals surface area contributed by atoms with Crippen molar-refractivity contribution in [3.8, 4) is 0 Å². The molecule has 0 unspecified atom stereocenters. The van der Waals surface area contributed by atoms with E-state index in [2.05, 4.69) is 10.1 Å². The first-order valence-electron chi connectivity index (χ1n) is 5.27. The van der Waals surface area contributed by atoms with E-state index in [1.165, 1.54) is 0 Å². The van der Waals surface area contributed by atoms with Gasteiger partial charge in [-0.05, 0) is 11.6 Å². The lowest BCUT2D eigenvalue weighted by atomic mass is 10.2. The van der Waals surface area contributed by atoms with Crippen molar-refractivity contribution in [3.63, 3.8) is 0 Å². The molecule has 2 rings (SSSR count). The first-order valence-corrected chi connectivity index (χ1v) is 5.27. The first kappa shape index (κ1) is 10.9. The summed E-state index contributed by atoms with van der Waals surface area (Å²) in [5.41, 5.74) is 0.878. The van der Waals surface area contributed by atoms with Crippen molar-refractivity contribution in [2.75, 3.05) is 0 Å². The van der Waals surface area contributed by atoms with Gasteiger partial charge >= 0.3 is 0 Å². The van der Waals surface area contributed by atoms with Crippen molar-refractivity contribution >= 4 is 0 Å². The molecule has 0 fully saturated rings. The first-order chi connectivity index (χ1) is 7.69. The van der Waals surface area contributed by atoms with Gasteiger partial charge < -0.3 is 14.2 Å². The van der Waals surface area contributed by atoms with Crippen LogP contribution in [0.1, 0.15) is 37.0 Å². The molecule has 0 bridgehead atoms. The van der Waals surface area contributed by atoms with Crippen LogP contribution in [0.4, 0.5) is 0 Å². The van der Waals surface area contributed by atoms with E-state index < -0.39 is 0 Å². The third kappa shape index (κ3) is 2.30. The van der Waals surface area contributed by atoms with E-state index in [9.17, 15) is 0 Å². The van der Waals surface area contributed by atoms with Gasteiger partial charge in [-0.1, -0.05) is 19.0 Å². The van der Waals surface area contributed by atoms with Gasteiger partial charge in [0.2, 0.25) is 5.89 Å². The van der Waals surface area contributed by atoms with E-state index in [0.717, 1.165) is 11.4 Å². The highest BCUT2D eigenvalue weighted by Gasteiger charge is 2.09. The summed E-state index contributed by atoms with van der Waals surface area (Å²) in [6.45, 7) is 4.64. The molecule has 0 spiro atoms. The molecule has 16 heavy (non-hydrogen) atoms.